The van der Waals surface area contributed by atoms with Gasteiger partial charge in [0.2, 0.25) is 0 Å². The third-order valence-electron chi connectivity index (χ3n) is 4.39. The summed E-state index contributed by atoms with van der Waals surface area (Å²) in [4.78, 5) is 4.31. The van der Waals surface area contributed by atoms with Crippen molar-refractivity contribution in [2.45, 2.75) is 25.7 Å². The Morgan fingerprint density at radius 2 is 2.24 bits per heavy atom. The number of aromatic nitrogens is 2. The average molecular weight is 227 g/mol. The molecular formula is C14H17N3. The van der Waals surface area contributed by atoms with Crippen LogP contribution < -0.4 is 5.32 Å². The molecule has 4 rings (SSSR count). The quantitative estimate of drug-likeness (QED) is 0.870. The summed E-state index contributed by atoms with van der Waals surface area (Å²) in [5, 5.41) is 3.62. The molecule has 0 radical (unpaired) electrons. The number of pyridine rings is 1. The molecule has 2 fully saturated rings. The number of rotatable bonds is 4. The van der Waals surface area contributed by atoms with Crippen molar-refractivity contribution in [1.82, 2.24) is 9.38 Å². The predicted molar refractivity (Wildman–Crippen MR) is 68.1 cm³/mol. The van der Waals surface area contributed by atoms with Gasteiger partial charge in [-0.2, -0.15) is 0 Å². The van der Waals surface area contributed by atoms with Gasteiger partial charge in [0.25, 0.3) is 0 Å². The molecule has 0 bridgehead atoms. The van der Waals surface area contributed by atoms with Gasteiger partial charge in [0, 0.05) is 18.9 Å². The van der Waals surface area contributed by atoms with E-state index in [1.54, 1.807) is 0 Å². The fourth-order valence-corrected chi connectivity index (χ4v) is 2.94. The second-order valence-electron chi connectivity index (χ2n) is 5.56. The number of nitrogens with zero attached hydrogens (tertiary/aromatic N) is 2. The molecule has 2 aliphatic rings. The molecule has 3 heteroatoms. The van der Waals surface area contributed by atoms with E-state index in [1.165, 1.54) is 31.5 Å². The molecule has 0 amide bonds. The van der Waals surface area contributed by atoms with E-state index in [1.807, 2.05) is 18.5 Å². The minimum atomic E-state index is 0.642. The first-order chi connectivity index (χ1) is 8.37. The molecule has 2 heterocycles. The normalized spacial score (nSPS) is 21.6. The maximum atomic E-state index is 4.31. The van der Waals surface area contributed by atoms with Crippen LogP contribution in [0.15, 0.2) is 30.6 Å². The van der Waals surface area contributed by atoms with Crippen molar-refractivity contribution in [3.05, 3.63) is 30.6 Å². The van der Waals surface area contributed by atoms with E-state index in [0.717, 1.165) is 18.1 Å². The Morgan fingerprint density at radius 1 is 1.35 bits per heavy atom. The maximum Gasteiger partial charge on any atom is 0.138 e. The molecule has 0 spiro atoms. The molecular weight excluding hydrogens is 210 g/mol. The highest BCUT2D eigenvalue weighted by Gasteiger charge is 2.53. The molecule has 0 saturated heterocycles. The third kappa shape index (κ3) is 1.53. The number of hydrogen-bond donors (Lipinski definition) is 1. The first kappa shape index (κ1) is 9.51. The van der Waals surface area contributed by atoms with Gasteiger partial charge >= 0.3 is 0 Å². The number of nitrogens with one attached hydrogen (secondary N) is 1. The maximum absolute atomic E-state index is 4.31. The van der Waals surface area contributed by atoms with E-state index in [-0.39, 0.29) is 0 Å². The largest absolute Gasteiger partial charge is 0.371 e. The molecule has 1 N–H and O–H groups in total. The SMILES string of the molecule is c1cc(NCC2(C3CC3)CC2)n2ccnc2c1. The van der Waals surface area contributed by atoms with Gasteiger partial charge in [0.05, 0.1) is 0 Å². The summed E-state index contributed by atoms with van der Waals surface area (Å²) >= 11 is 0. The monoisotopic (exact) mass is 227 g/mol. The lowest BCUT2D eigenvalue weighted by molar-refractivity contribution is 0.466. The molecule has 2 aliphatic carbocycles. The Morgan fingerprint density at radius 3 is 3.00 bits per heavy atom. The zero-order chi connectivity index (χ0) is 11.3. The van der Waals surface area contributed by atoms with Gasteiger partial charge in [-0.25, -0.2) is 4.98 Å². The summed E-state index contributed by atoms with van der Waals surface area (Å²) < 4.78 is 2.13. The van der Waals surface area contributed by atoms with Crippen molar-refractivity contribution < 1.29 is 0 Å². The fraction of sp³-hybridized carbons (Fsp3) is 0.500. The molecule has 0 aromatic carbocycles. The summed E-state index contributed by atoms with van der Waals surface area (Å²) in [6, 6.07) is 6.25. The molecule has 3 nitrogen and oxygen atoms in total. The van der Waals surface area contributed by atoms with Crippen LogP contribution in [-0.2, 0) is 0 Å². The van der Waals surface area contributed by atoms with E-state index in [0.29, 0.717) is 5.41 Å². The first-order valence-electron chi connectivity index (χ1n) is 6.53. The molecule has 2 saturated carbocycles. The summed E-state index contributed by atoms with van der Waals surface area (Å²) in [6.45, 7) is 1.13. The van der Waals surface area contributed by atoms with Crippen molar-refractivity contribution in [2.75, 3.05) is 11.9 Å². The van der Waals surface area contributed by atoms with Crippen molar-refractivity contribution in [3.63, 3.8) is 0 Å². The summed E-state index contributed by atoms with van der Waals surface area (Å²) in [5.74, 6) is 2.18. The lowest BCUT2D eigenvalue weighted by Gasteiger charge is -2.16. The Balaban J connectivity index is 1.56. The lowest BCUT2D eigenvalue weighted by atomic mass is 10.0. The van der Waals surface area contributed by atoms with Gasteiger partial charge in [-0.15, -0.1) is 0 Å². The predicted octanol–water partition coefficient (Wildman–Crippen LogP) is 2.94. The van der Waals surface area contributed by atoms with Crippen LogP contribution in [0, 0.1) is 11.3 Å². The van der Waals surface area contributed by atoms with Crippen LogP contribution >= 0.6 is 0 Å². The number of anilines is 1. The Bertz CT molecular complexity index is 549. The van der Waals surface area contributed by atoms with Crippen molar-refractivity contribution >= 4 is 11.5 Å². The first-order valence-corrected chi connectivity index (χ1v) is 6.53. The molecule has 2 aromatic rings. The minimum Gasteiger partial charge on any atom is -0.371 e. The number of hydrogen-bond acceptors (Lipinski definition) is 2. The summed E-state index contributed by atoms with van der Waals surface area (Å²) in [5.41, 5.74) is 1.66. The van der Waals surface area contributed by atoms with Crippen molar-refractivity contribution in [1.29, 1.82) is 0 Å². The highest BCUT2D eigenvalue weighted by molar-refractivity contribution is 5.50. The highest BCUT2D eigenvalue weighted by Crippen LogP contribution is 2.61. The van der Waals surface area contributed by atoms with E-state index in [9.17, 15) is 0 Å². The second-order valence-corrected chi connectivity index (χ2v) is 5.56. The van der Waals surface area contributed by atoms with Gasteiger partial charge in [-0.1, -0.05) is 6.07 Å². The second kappa shape index (κ2) is 3.25. The summed E-state index contributed by atoms with van der Waals surface area (Å²) in [6.07, 6.45) is 9.63. The summed E-state index contributed by atoms with van der Waals surface area (Å²) in [7, 11) is 0. The zero-order valence-corrected chi connectivity index (χ0v) is 9.89. The Labute approximate surface area is 101 Å². The Kier molecular flexibility index (Phi) is 1.82. The van der Waals surface area contributed by atoms with Crippen molar-refractivity contribution in [3.8, 4) is 0 Å². The van der Waals surface area contributed by atoms with Gasteiger partial charge in [0.15, 0.2) is 0 Å². The highest BCUT2D eigenvalue weighted by atomic mass is 15.1. The molecule has 0 atom stereocenters. The van der Waals surface area contributed by atoms with Crippen LogP contribution in [0.3, 0.4) is 0 Å². The Hall–Kier alpha value is -1.51. The van der Waals surface area contributed by atoms with Crippen molar-refractivity contribution in [2.24, 2.45) is 11.3 Å². The van der Waals surface area contributed by atoms with E-state index >= 15 is 0 Å². The number of fused-ring (bicyclic) bond motifs is 1. The van der Waals surface area contributed by atoms with Crippen LogP contribution in [0.5, 0.6) is 0 Å². The fourth-order valence-electron chi connectivity index (χ4n) is 2.94. The molecule has 17 heavy (non-hydrogen) atoms. The van der Waals surface area contributed by atoms with E-state index < -0.39 is 0 Å². The van der Waals surface area contributed by atoms with Crippen LogP contribution in [-0.4, -0.2) is 15.9 Å². The van der Waals surface area contributed by atoms with Gasteiger partial charge < -0.3 is 5.32 Å². The average Bonchev–Trinajstić information content (AvgIpc) is 3.24. The van der Waals surface area contributed by atoms with Gasteiger partial charge in [0.1, 0.15) is 11.5 Å². The molecule has 2 aromatic heterocycles. The topological polar surface area (TPSA) is 29.3 Å². The van der Waals surface area contributed by atoms with Crippen LogP contribution in [0.2, 0.25) is 0 Å². The zero-order valence-electron chi connectivity index (χ0n) is 9.89. The van der Waals surface area contributed by atoms with E-state index in [4.69, 9.17) is 0 Å². The smallest absolute Gasteiger partial charge is 0.138 e. The molecule has 0 aliphatic heterocycles. The molecule has 88 valence electrons. The third-order valence-corrected chi connectivity index (χ3v) is 4.39. The van der Waals surface area contributed by atoms with Gasteiger partial charge in [-0.3, -0.25) is 4.40 Å². The number of imidazole rings is 1. The lowest BCUT2D eigenvalue weighted by Crippen LogP contribution is -2.18. The van der Waals surface area contributed by atoms with Crippen LogP contribution in [0.25, 0.3) is 5.65 Å². The van der Waals surface area contributed by atoms with E-state index in [2.05, 4.69) is 26.8 Å². The molecule has 0 unspecified atom stereocenters. The van der Waals surface area contributed by atoms with Crippen LogP contribution in [0.1, 0.15) is 25.7 Å². The standard InChI is InChI=1S/C14H17N3/c1-2-12-15-8-9-17(12)13(3-1)16-10-14(6-7-14)11-4-5-11/h1-3,8-9,11,16H,4-7,10H2. The minimum absolute atomic E-state index is 0.642. The van der Waals surface area contributed by atoms with Crippen LogP contribution in [0.4, 0.5) is 5.82 Å². The van der Waals surface area contributed by atoms with Gasteiger partial charge in [-0.05, 0) is 49.1 Å².